The third kappa shape index (κ3) is 4.57. The van der Waals surface area contributed by atoms with Crippen molar-refractivity contribution in [1.29, 1.82) is 0 Å². The first-order valence-corrected chi connectivity index (χ1v) is 8.27. The lowest BCUT2D eigenvalue weighted by molar-refractivity contribution is 0.271. The Morgan fingerprint density at radius 3 is 2.38 bits per heavy atom. The number of rotatable bonds is 4. The molecule has 0 fully saturated rings. The molecule has 2 aromatic rings. The first-order chi connectivity index (χ1) is 9.88. The molecule has 0 amide bonds. The zero-order chi connectivity index (χ0) is 15.5. The summed E-state index contributed by atoms with van der Waals surface area (Å²) in [5.41, 5.74) is 2.53. The lowest BCUT2D eigenvalue weighted by Crippen LogP contribution is -2.32. The van der Waals surface area contributed by atoms with E-state index in [1.54, 1.807) is 0 Å². The van der Waals surface area contributed by atoms with Gasteiger partial charge in [0.1, 0.15) is 0 Å². The molecule has 112 valence electrons. The van der Waals surface area contributed by atoms with Crippen LogP contribution in [0.1, 0.15) is 37.9 Å². The van der Waals surface area contributed by atoms with E-state index in [0.29, 0.717) is 0 Å². The van der Waals surface area contributed by atoms with E-state index in [9.17, 15) is 0 Å². The van der Waals surface area contributed by atoms with Crippen LogP contribution in [-0.2, 0) is 6.54 Å². The summed E-state index contributed by atoms with van der Waals surface area (Å²) in [4.78, 5) is 0. The van der Waals surface area contributed by atoms with Gasteiger partial charge in [0.15, 0.2) is 0 Å². The van der Waals surface area contributed by atoms with Crippen molar-refractivity contribution in [2.45, 2.75) is 33.4 Å². The summed E-state index contributed by atoms with van der Waals surface area (Å²) >= 11 is 9.78. The van der Waals surface area contributed by atoms with Gasteiger partial charge in [-0.2, -0.15) is 0 Å². The second-order valence-electron chi connectivity index (χ2n) is 6.33. The normalized spacial score (nSPS) is 13.2. The van der Waals surface area contributed by atoms with E-state index in [1.165, 1.54) is 5.56 Å². The molecule has 1 N–H and O–H groups in total. The van der Waals surface area contributed by atoms with Gasteiger partial charge in [0, 0.05) is 22.1 Å². The summed E-state index contributed by atoms with van der Waals surface area (Å²) in [7, 11) is 0. The molecule has 0 aliphatic rings. The van der Waals surface area contributed by atoms with E-state index in [2.05, 4.69) is 72.3 Å². The molecule has 1 unspecified atom stereocenters. The number of benzene rings is 2. The lowest BCUT2D eigenvalue weighted by atomic mass is 9.82. The van der Waals surface area contributed by atoms with Crippen molar-refractivity contribution in [3.8, 4) is 0 Å². The standard InChI is InChI=1S/C18H21BrClN/c1-18(2,3)17(13-7-5-4-6-8-13)21-12-14-11-15(19)9-10-16(14)20/h4-11,17,21H,12H2,1-3H3. The first-order valence-electron chi connectivity index (χ1n) is 7.10. The Balaban J connectivity index is 2.19. The summed E-state index contributed by atoms with van der Waals surface area (Å²) in [6.45, 7) is 7.50. The number of nitrogens with one attached hydrogen (secondary N) is 1. The van der Waals surface area contributed by atoms with Crippen LogP contribution in [0.25, 0.3) is 0 Å². The Bertz CT molecular complexity index is 590. The van der Waals surface area contributed by atoms with Crippen LogP contribution in [0.4, 0.5) is 0 Å². The smallest absolute Gasteiger partial charge is 0.0451 e. The van der Waals surface area contributed by atoms with Crippen LogP contribution in [0.3, 0.4) is 0 Å². The van der Waals surface area contributed by atoms with Crippen LogP contribution in [0.2, 0.25) is 5.02 Å². The summed E-state index contributed by atoms with van der Waals surface area (Å²) in [6.07, 6.45) is 0. The van der Waals surface area contributed by atoms with Crippen LogP contribution in [-0.4, -0.2) is 0 Å². The molecule has 1 nitrogen and oxygen atoms in total. The van der Waals surface area contributed by atoms with Crippen LogP contribution < -0.4 is 5.32 Å². The van der Waals surface area contributed by atoms with Crippen molar-refractivity contribution in [1.82, 2.24) is 5.32 Å². The van der Waals surface area contributed by atoms with Gasteiger partial charge in [0.25, 0.3) is 0 Å². The second-order valence-corrected chi connectivity index (χ2v) is 7.65. The molecule has 0 aliphatic heterocycles. The Morgan fingerprint density at radius 1 is 1.10 bits per heavy atom. The minimum atomic E-state index is 0.125. The van der Waals surface area contributed by atoms with Gasteiger partial charge in [-0.1, -0.05) is 78.6 Å². The summed E-state index contributed by atoms with van der Waals surface area (Å²) < 4.78 is 1.05. The molecule has 1 atom stereocenters. The highest BCUT2D eigenvalue weighted by atomic mass is 79.9. The Labute approximate surface area is 140 Å². The van der Waals surface area contributed by atoms with Crippen LogP contribution >= 0.6 is 27.5 Å². The minimum absolute atomic E-state index is 0.125. The molecule has 0 radical (unpaired) electrons. The molecule has 0 spiro atoms. The fourth-order valence-corrected chi connectivity index (χ4v) is 3.05. The number of hydrogen-bond acceptors (Lipinski definition) is 1. The van der Waals surface area contributed by atoms with Crippen molar-refractivity contribution in [3.63, 3.8) is 0 Å². The molecule has 21 heavy (non-hydrogen) atoms. The van der Waals surface area contributed by atoms with Gasteiger partial charge in [-0.05, 0) is 34.7 Å². The van der Waals surface area contributed by atoms with Crippen molar-refractivity contribution >= 4 is 27.5 Å². The predicted octanol–water partition coefficient (Wildman–Crippen LogP) is 5.98. The van der Waals surface area contributed by atoms with Crippen molar-refractivity contribution in [2.24, 2.45) is 5.41 Å². The molecule has 0 heterocycles. The van der Waals surface area contributed by atoms with Crippen LogP contribution in [0.15, 0.2) is 53.0 Å². The molecule has 0 aromatic heterocycles. The molecule has 2 aromatic carbocycles. The van der Waals surface area contributed by atoms with Gasteiger partial charge >= 0.3 is 0 Å². The molecule has 2 rings (SSSR count). The van der Waals surface area contributed by atoms with Crippen molar-refractivity contribution in [2.75, 3.05) is 0 Å². The Morgan fingerprint density at radius 2 is 1.76 bits per heavy atom. The maximum Gasteiger partial charge on any atom is 0.0451 e. The van der Waals surface area contributed by atoms with Crippen molar-refractivity contribution in [3.05, 3.63) is 69.2 Å². The van der Waals surface area contributed by atoms with Gasteiger partial charge in [-0.3, -0.25) is 0 Å². The average Bonchev–Trinajstić information content (AvgIpc) is 2.42. The molecule has 0 bridgehead atoms. The topological polar surface area (TPSA) is 12.0 Å². The molecule has 0 saturated heterocycles. The number of hydrogen-bond donors (Lipinski definition) is 1. The molecule has 0 saturated carbocycles. The predicted molar refractivity (Wildman–Crippen MR) is 94.6 cm³/mol. The SMILES string of the molecule is CC(C)(C)C(NCc1cc(Br)ccc1Cl)c1ccccc1. The van der Waals surface area contributed by atoms with Crippen LogP contribution in [0, 0.1) is 5.41 Å². The van der Waals surface area contributed by atoms with Gasteiger partial charge in [0.05, 0.1) is 0 Å². The van der Waals surface area contributed by atoms with E-state index in [4.69, 9.17) is 11.6 Å². The summed E-state index contributed by atoms with van der Waals surface area (Å²) in [5.74, 6) is 0. The Kier molecular flexibility index (Phi) is 5.48. The molecular formula is C18H21BrClN. The van der Waals surface area contributed by atoms with E-state index >= 15 is 0 Å². The van der Waals surface area contributed by atoms with E-state index < -0.39 is 0 Å². The highest BCUT2D eigenvalue weighted by molar-refractivity contribution is 9.10. The quantitative estimate of drug-likeness (QED) is 0.702. The fourth-order valence-electron chi connectivity index (χ4n) is 2.46. The highest BCUT2D eigenvalue weighted by Crippen LogP contribution is 2.33. The minimum Gasteiger partial charge on any atom is -0.305 e. The number of halogens is 2. The molecular weight excluding hydrogens is 346 g/mol. The Hall–Kier alpha value is -0.830. The highest BCUT2D eigenvalue weighted by Gasteiger charge is 2.25. The molecule has 3 heteroatoms. The lowest BCUT2D eigenvalue weighted by Gasteiger charge is -2.32. The van der Waals surface area contributed by atoms with E-state index in [1.807, 2.05) is 18.2 Å². The van der Waals surface area contributed by atoms with Gasteiger partial charge in [-0.15, -0.1) is 0 Å². The van der Waals surface area contributed by atoms with Crippen molar-refractivity contribution < 1.29 is 0 Å². The van der Waals surface area contributed by atoms with Crippen LogP contribution in [0.5, 0.6) is 0 Å². The third-order valence-corrected chi connectivity index (χ3v) is 4.37. The third-order valence-electron chi connectivity index (χ3n) is 3.50. The summed E-state index contributed by atoms with van der Waals surface area (Å²) in [6, 6.07) is 16.8. The average molecular weight is 367 g/mol. The second kappa shape index (κ2) is 6.95. The molecule has 0 aliphatic carbocycles. The van der Waals surface area contributed by atoms with E-state index in [0.717, 1.165) is 21.6 Å². The first kappa shape index (κ1) is 16.5. The fraction of sp³-hybridized carbons (Fsp3) is 0.333. The van der Waals surface area contributed by atoms with Gasteiger partial charge in [-0.25, -0.2) is 0 Å². The summed E-state index contributed by atoms with van der Waals surface area (Å²) in [5, 5.41) is 4.45. The maximum absolute atomic E-state index is 6.28. The zero-order valence-corrected chi connectivity index (χ0v) is 15.0. The largest absolute Gasteiger partial charge is 0.305 e. The zero-order valence-electron chi connectivity index (χ0n) is 12.7. The van der Waals surface area contributed by atoms with Gasteiger partial charge < -0.3 is 5.32 Å². The van der Waals surface area contributed by atoms with E-state index in [-0.39, 0.29) is 11.5 Å². The monoisotopic (exact) mass is 365 g/mol. The maximum atomic E-state index is 6.28. The van der Waals surface area contributed by atoms with Gasteiger partial charge in [0.2, 0.25) is 0 Å².